The summed E-state index contributed by atoms with van der Waals surface area (Å²) >= 11 is 1.58. The van der Waals surface area contributed by atoms with Gasteiger partial charge in [-0.05, 0) is 24.1 Å². The summed E-state index contributed by atoms with van der Waals surface area (Å²) in [6, 6.07) is 3.70. The highest BCUT2D eigenvalue weighted by molar-refractivity contribution is 7.10. The molecule has 0 aliphatic rings. The third kappa shape index (κ3) is 3.45. The predicted octanol–water partition coefficient (Wildman–Crippen LogP) is 2.99. The summed E-state index contributed by atoms with van der Waals surface area (Å²) in [6.45, 7) is 2.76. The van der Waals surface area contributed by atoms with Gasteiger partial charge in [-0.3, -0.25) is 4.98 Å². The molecule has 0 radical (unpaired) electrons. The van der Waals surface area contributed by atoms with E-state index in [1.165, 1.54) is 0 Å². The first kappa shape index (κ1) is 13.8. The topological polar surface area (TPSA) is 57.4 Å². The number of rotatable bonds is 6. The number of aromatic nitrogens is 1. The molecule has 0 saturated heterocycles. The quantitative estimate of drug-likeness (QED) is 0.882. The molecule has 5 heteroatoms. The van der Waals surface area contributed by atoms with Crippen LogP contribution in [-0.4, -0.2) is 18.7 Å². The molecule has 2 aromatic rings. The highest BCUT2D eigenvalue weighted by atomic mass is 32.1. The van der Waals surface area contributed by atoms with Crippen LogP contribution in [0.15, 0.2) is 29.9 Å². The van der Waals surface area contributed by atoms with Crippen molar-refractivity contribution >= 4 is 11.3 Å². The van der Waals surface area contributed by atoms with E-state index in [9.17, 15) is 0 Å². The first-order chi connectivity index (χ1) is 9.24. The van der Waals surface area contributed by atoms with Crippen LogP contribution in [0.1, 0.15) is 29.8 Å². The highest BCUT2D eigenvalue weighted by Gasteiger charge is 2.13. The van der Waals surface area contributed by atoms with Gasteiger partial charge in [0.05, 0.1) is 26.0 Å². The molecule has 4 nitrogen and oxygen atoms in total. The zero-order chi connectivity index (χ0) is 13.7. The van der Waals surface area contributed by atoms with Crippen LogP contribution in [0.2, 0.25) is 0 Å². The molecule has 0 amide bonds. The Hall–Kier alpha value is -1.59. The molecule has 0 fully saturated rings. The summed E-state index contributed by atoms with van der Waals surface area (Å²) in [6.07, 6.45) is 4.45. The van der Waals surface area contributed by atoms with Gasteiger partial charge >= 0.3 is 0 Å². The Morgan fingerprint density at radius 1 is 1.32 bits per heavy atom. The molecule has 1 unspecified atom stereocenters. The van der Waals surface area contributed by atoms with Crippen LogP contribution < -0.4 is 15.2 Å². The van der Waals surface area contributed by atoms with E-state index in [1.807, 2.05) is 17.5 Å². The van der Waals surface area contributed by atoms with Gasteiger partial charge in [0, 0.05) is 16.5 Å². The van der Waals surface area contributed by atoms with Gasteiger partial charge in [0.2, 0.25) is 0 Å². The lowest BCUT2D eigenvalue weighted by molar-refractivity contribution is 0.315. The Balaban J connectivity index is 2.15. The van der Waals surface area contributed by atoms with Gasteiger partial charge in [0.15, 0.2) is 0 Å². The average molecular weight is 278 g/mol. The van der Waals surface area contributed by atoms with E-state index < -0.39 is 0 Å². The smallest absolute Gasteiger partial charge is 0.137 e. The first-order valence-corrected chi connectivity index (χ1v) is 7.08. The average Bonchev–Trinajstić information content (AvgIpc) is 2.93. The normalized spacial score (nSPS) is 12.2. The van der Waals surface area contributed by atoms with Crippen molar-refractivity contribution in [2.75, 3.05) is 13.7 Å². The van der Waals surface area contributed by atoms with E-state index in [0.717, 1.165) is 28.4 Å². The molecule has 2 rings (SSSR count). The van der Waals surface area contributed by atoms with Gasteiger partial charge in [-0.2, -0.15) is 0 Å². The van der Waals surface area contributed by atoms with Crippen LogP contribution in [0, 0.1) is 0 Å². The fraction of sp³-hybridized carbons (Fsp3) is 0.357. The van der Waals surface area contributed by atoms with Crippen molar-refractivity contribution in [2.24, 2.45) is 5.73 Å². The van der Waals surface area contributed by atoms with Crippen molar-refractivity contribution in [3.05, 3.63) is 40.3 Å². The summed E-state index contributed by atoms with van der Waals surface area (Å²) in [7, 11) is 1.65. The molecule has 0 aliphatic heterocycles. The van der Waals surface area contributed by atoms with Crippen LogP contribution >= 0.6 is 11.3 Å². The second-order valence-corrected chi connectivity index (χ2v) is 5.11. The zero-order valence-corrected chi connectivity index (χ0v) is 11.9. The fourth-order valence-corrected chi connectivity index (χ4v) is 2.56. The third-order valence-electron chi connectivity index (χ3n) is 2.70. The van der Waals surface area contributed by atoms with E-state index in [4.69, 9.17) is 15.2 Å². The predicted molar refractivity (Wildman–Crippen MR) is 76.9 cm³/mol. The lowest BCUT2D eigenvalue weighted by Gasteiger charge is -2.11. The molecule has 0 spiro atoms. The van der Waals surface area contributed by atoms with Crippen molar-refractivity contribution in [1.29, 1.82) is 0 Å². The molecule has 0 aliphatic carbocycles. The summed E-state index contributed by atoms with van der Waals surface area (Å²) in [5.74, 6) is 1.60. The molecule has 19 heavy (non-hydrogen) atoms. The van der Waals surface area contributed by atoms with Crippen molar-refractivity contribution in [3.8, 4) is 11.5 Å². The molecule has 0 aromatic carbocycles. The van der Waals surface area contributed by atoms with Crippen LogP contribution in [0.3, 0.4) is 0 Å². The van der Waals surface area contributed by atoms with Crippen LogP contribution in [0.5, 0.6) is 11.5 Å². The minimum atomic E-state index is -0.202. The SMILES string of the molecule is CCCOc1cncc(C(N)c2cc(OC)cs2)c1. The van der Waals surface area contributed by atoms with Gasteiger partial charge in [0.25, 0.3) is 0 Å². The van der Waals surface area contributed by atoms with E-state index in [2.05, 4.69) is 11.9 Å². The maximum atomic E-state index is 6.24. The van der Waals surface area contributed by atoms with Crippen molar-refractivity contribution < 1.29 is 9.47 Å². The number of thiophene rings is 1. The Morgan fingerprint density at radius 2 is 2.16 bits per heavy atom. The summed E-state index contributed by atoms with van der Waals surface area (Å²) in [5, 5.41) is 1.94. The summed E-state index contributed by atoms with van der Waals surface area (Å²) < 4.78 is 10.7. The zero-order valence-electron chi connectivity index (χ0n) is 11.1. The number of hydrogen-bond acceptors (Lipinski definition) is 5. The van der Waals surface area contributed by atoms with Gasteiger partial charge in [-0.1, -0.05) is 6.92 Å². The molecule has 2 heterocycles. The van der Waals surface area contributed by atoms with Gasteiger partial charge in [-0.15, -0.1) is 11.3 Å². The number of nitrogens with two attached hydrogens (primary N) is 1. The van der Waals surface area contributed by atoms with Crippen molar-refractivity contribution in [1.82, 2.24) is 4.98 Å². The van der Waals surface area contributed by atoms with Crippen LogP contribution in [0.4, 0.5) is 0 Å². The largest absolute Gasteiger partial charge is 0.496 e. The van der Waals surface area contributed by atoms with Gasteiger partial charge in [0.1, 0.15) is 11.5 Å². The molecular weight excluding hydrogens is 260 g/mol. The fourth-order valence-electron chi connectivity index (χ4n) is 1.67. The molecule has 0 saturated carbocycles. The Morgan fingerprint density at radius 3 is 2.84 bits per heavy atom. The van der Waals surface area contributed by atoms with Crippen LogP contribution in [-0.2, 0) is 0 Å². The number of pyridine rings is 1. The Bertz CT molecular complexity index is 528. The lowest BCUT2D eigenvalue weighted by Crippen LogP contribution is -2.11. The maximum absolute atomic E-state index is 6.24. The number of hydrogen-bond donors (Lipinski definition) is 1. The van der Waals surface area contributed by atoms with E-state index >= 15 is 0 Å². The second kappa shape index (κ2) is 6.54. The summed E-state index contributed by atoms with van der Waals surface area (Å²) in [4.78, 5) is 5.23. The van der Waals surface area contributed by atoms with Gasteiger partial charge in [-0.25, -0.2) is 0 Å². The molecule has 0 bridgehead atoms. The van der Waals surface area contributed by atoms with Crippen molar-refractivity contribution in [3.63, 3.8) is 0 Å². The second-order valence-electron chi connectivity index (χ2n) is 4.17. The standard InChI is InChI=1S/C14H18N2O2S/c1-3-4-18-11-5-10(7-16-8-11)14(15)13-6-12(17-2)9-19-13/h5-9,14H,3-4,15H2,1-2H3. The van der Waals surface area contributed by atoms with Crippen molar-refractivity contribution in [2.45, 2.75) is 19.4 Å². The number of nitrogens with zero attached hydrogens (tertiary/aromatic N) is 1. The highest BCUT2D eigenvalue weighted by Crippen LogP contribution is 2.30. The van der Waals surface area contributed by atoms with E-state index in [1.54, 1.807) is 30.8 Å². The molecule has 102 valence electrons. The van der Waals surface area contributed by atoms with E-state index in [0.29, 0.717) is 6.61 Å². The number of methoxy groups -OCH3 is 1. The van der Waals surface area contributed by atoms with Crippen LogP contribution in [0.25, 0.3) is 0 Å². The molecule has 2 aromatic heterocycles. The first-order valence-electron chi connectivity index (χ1n) is 6.20. The number of ether oxygens (including phenoxy) is 2. The summed E-state index contributed by atoms with van der Waals surface area (Å²) in [5.41, 5.74) is 7.18. The monoisotopic (exact) mass is 278 g/mol. The lowest BCUT2D eigenvalue weighted by atomic mass is 10.1. The maximum Gasteiger partial charge on any atom is 0.137 e. The molecular formula is C14H18N2O2S. The van der Waals surface area contributed by atoms with E-state index in [-0.39, 0.29) is 6.04 Å². The molecule has 2 N–H and O–H groups in total. The Labute approximate surface area is 117 Å². The minimum absolute atomic E-state index is 0.202. The molecule has 1 atom stereocenters. The minimum Gasteiger partial charge on any atom is -0.496 e. The Kier molecular flexibility index (Phi) is 4.76. The third-order valence-corrected chi connectivity index (χ3v) is 3.70. The van der Waals surface area contributed by atoms with Gasteiger partial charge < -0.3 is 15.2 Å².